The van der Waals surface area contributed by atoms with E-state index in [0.717, 1.165) is 0 Å². The molecular weight excluding hydrogens is 299 g/mol. The van der Waals surface area contributed by atoms with E-state index < -0.39 is 5.51 Å². The average Bonchev–Trinajstić information content (AvgIpc) is 2.30. The second kappa shape index (κ2) is 7.65. The minimum Gasteiger partial charge on any atom is -0.325 e. The number of benzene rings is 1. The van der Waals surface area contributed by atoms with Gasteiger partial charge in [0.1, 0.15) is 0 Å². The van der Waals surface area contributed by atoms with Crippen LogP contribution in [0.15, 0.2) is 29.2 Å². The summed E-state index contributed by atoms with van der Waals surface area (Å²) in [7, 11) is 0. The van der Waals surface area contributed by atoms with Gasteiger partial charge in [-0.15, -0.1) is 11.6 Å². The number of rotatable bonds is 6. The zero-order valence-electron chi connectivity index (χ0n) is 9.97. The van der Waals surface area contributed by atoms with Gasteiger partial charge in [-0.2, -0.15) is 13.2 Å². The maximum atomic E-state index is 12.3. The molecule has 1 aromatic rings. The first-order chi connectivity index (χ1) is 8.92. The van der Waals surface area contributed by atoms with Crippen molar-refractivity contribution in [1.82, 2.24) is 0 Å². The van der Waals surface area contributed by atoms with Crippen molar-refractivity contribution >= 4 is 35.0 Å². The van der Waals surface area contributed by atoms with Gasteiger partial charge < -0.3 is 5.32 Å². The Bertz CT molecular complexity index is 426. The van der Waals surface area contributed by atoms with Crippen molar-refractivity contribution in [3.8, 4) is 0 Å². The number of unbranched alkanes of at least 4 members (excludes halogenated alkanes) is 1. The lowest BCUT2D eigenvalue weighted by molar-refractivity contribution is -0.116. The van der Waals surface area contributed by atoms with Gasteiger partial charge in [-0.3, -0.25) is 4.79 Å². The summed E-state index contributed by atoms with van der Waals surface area (Å²) < 4.78 is 37.0. The first kappa shape index (κ1) is 16.2. The first-order valence-electron chi connectivity index (χ1n) is 5.63. The fourth-order valence-electron chi connectivity index (χ4n) is 1.38. The smallest absolute Gasteiger partial charge is 0.325 e. The van der Waals surface area contributed by atoms with Gasteiger partial charge in [0.2, 0.25) is 5.91 Å². The van der Waals surface area contributed by atoms with Crippen LogP contribution in [0.1, 0.15) is 19.3 Å². The van der Waals surface area contributed by atoms with Crippen LogP contribution in [0, 0.1) is 0 Å². The van der Waals surface area contributed by atoms with Crippen LogP contribution in [0.25, 0.3) is 0 Å². The monoisotopic (exact) mass is 311 g/mol. The van der Waals surface area contributed by atoms with Crippen molar-refractivity contribution in [3.63, 3.8) is 0 Å². The van der Waals surface area contributed by atoms with E-state index in [4.69, 9.17) is 11.6 Å². The highest BCUT2D eigenvalue weighted by Crippen LogP contribution is 2.40. The highest BCUT2D eigenvalue weighted by atomic mass is 35.5. The van der Waals surface area contributed by atoms with Crippen molar-refractivity contribution in [2.24, 2.45) is 0 Å². The predicted molar refractivity (Wildman–Crippen MR) is 71.6 cm³/mol. The lowest BCUT2D eigenvalue weighted by Crippen LogP contribution is -2.12. The molecule has 19 heavy (non-hydrogen) atoms. The van der Waals surface area contributed by atoms with E-state index in [1.807, 2.05) is 0 Å². The van der Waals surface area contributed by atoms with Crippen LogP contribution < -0.4 is 5.32 Å². The quantitative estimate of drug-likeness (QED) is 0.471. The van der Waals surface area contributed by atoms with Crippen molar-refractivity contribution in [1.29, 1.82) is 0 Å². The number of hydrogen-bond donors (Lipinski definition) is 1. The van der Waals surface area contributed by atoms with Gasteiger partial charge in [0, 0.05) is 17.2 Å². The zero-order valence-corrected chi connectivity index (χ0v) is 11.5. The Hall–Kier alpha value is -0.880. The van der Waals surface area contributed by atoms with Gasteiger partial charge in [-0.1, -0.05) is 12.1 Å². The topological polar surface area (TPSA) is 29.1 Å². The molecule has 0 aliphatic heterocycles. The molecule has 0 saturated heterocycles. The summed E-state index contributed by atoms with van der Waals surface area (Å²) in [4.78, 5) is 11.5. The van der Waals surface area contributed by atoms with Crippen LogP contribution in [-0.4, -0.2) is 17.3 Å². The zero-order chi connectivity index (χ0) is 14.3. The van der Waals surface area contributed by atoms with Crippen LogP contribution >= 0.6 is 23.4 Å². The normalized spacial score (nSPS) is 11.4. The molecule has 1 N–H and O–H groups in total. The molecule has 2 nitrogen and oxygen atoms in total. The molecule has 1 aromatic carbocycles. The number of hydrogen-bond acceptors (Lipinski definition) is 2. The van der Waals surface area contributed by atoms with Gasteiger partial charge in [0.05, 0.1) is 5.69 Å². The number of thioether (sulfide) groups is 1. The van der Waals surface area contributed by atoms with E-state index in [2.05, 4.69) is 5.32 Å². The standard InChI is InChI=1S/C12H13ClF3NOS/c13-8-4-3-7-11(18)17-9-5-1-2-6-10(9)19-12(14,15)16/h1-2,5-6H,3-4,7-8H2,(H,17,18). The van der Waals surface area contributed by atoms with Crippen molar-refractivity contribution in [3.05, 3.63) is 24.3 Å². The first-order valence-corrected chi connectivity index (χ1v) is 6.98. The van der Waals surface area contributed by atoms with E-state index >= 15 is 0 Å². The van der Waals surface area contributed by atoms with E-state index in [9.17, 15) is 18.0 Å². The van der Waals surface area contributed by atoms with E-state index in [1.165, 1.54) is 18.2 Å². The van der Waals surface area contributed by atoms with Gasteiger partial charge >= 0.3 is 5.51 Å². The third-order valence-corrected chi connectivity index (χ3v) is 3.25. The summed E-state index contributed by atoms with van der Waals surface area (Å²) in [6.45, 7) is 0. The Morgan fingerprint density at radius 2 is 1.95 bits per heavy atom. The SMILES string of the molecule is O=C(CCCCCl)Nc1ccccc1SC(F)(F)F. The predicted octanol–water partition coefficient (Wildman–Crippen LogP) is 4.65. The molecule has 1 rings (SSSR count). The summed E-state index contributed by atoms with van der Waals surface area (Å²) in [6.07, 6.45) is 1.57. The molecule has 0 bridgehead atoms. The number of carbonyl (C=O) groups is 1. The van der Waals surface area contributed by atoms with Crippen molar-refractivity contribution in [2.45, 2.75) is 29.7 Å². The Labute approximate surface area is 118 Å². The number of para-hydroxylation sites is 1. The Morgan fingerprint density at radius 3 is 2.58 bits per heavy atom. The van der Waals surface area contributed by atoms with Crippen LogP contribution in [0.2, 0.25) is 0 Å². The maximum absolute atomic E-state index is 12.3. The molecule has 106 valence electrons. The second-order valence-electron chi connectivity index (χ2n) is 3.74. The molecule has 0 fully saturated rings. The highest BCUT2D eigenvalue weighted by Gasteiger charge is 2.30. The van der Waals surface area contributed by atoms with Crippen molar-refractivity contribution in [2.75, 3.05) is 11.2 Å². The third kappa shape index (κ3) is 6.73. The summed E-state index contributed by atoms with van der Waals surface area (Å²) in [5, 5.41) is 2.49. The Morgan fingerprint density at radius 1 is 1.26 bits per heavy atom. The number of anilines is 1. The summed E-state index contributed by atoms with van der Waals surface area (Å²) >= 11 is 5.24. The minimum atomic E-state index is -4.38. The van der Waals surface area contributed by atoms with E-state index in [1.54, 1.807) is 6.07 Å². The number of amides is 1. The molecule has 0 aliphatic rings. The van der Waals surface area contributed by atoms with Crippen LogP contribution in [-0.2, 0) is 4.79 Å². The third-order valence-electron chi connectivity index (χ3n) is 2.17. The maximum Gasteiger partial charge on any atom is 0.446 e. The highest BCUT2D eigenvalue weighted by molar-refractivity contribution is 8.00. The molecule has 0 unspecified atom stereocenters. The fourth-order valence-corrected chi connectivity index (χ4v) is 2.19. The Kier molecular flexibility index (Phi) is 6.51. The fraction of sp³-hybridized carbons (Fsp3) is 0.417. The van der Waals surface area contributed by atoms with Gasteiger partial charge in [-0.25, -0.2) is 0 Å². The van der Waals surface area contributed by atoms with Crippen LogP contribution in [0.3, 0.4) is 0 Å². The molecule has 7 heteroatoms. The van der Waals surface area contributed by atoms with Crippen LogP contribution in [0.4, 0.5) is 18.9 Å². The molecule has 0 spiro atoms. The summed E-state index contributed by atoms with van der Waals surface area (Å²) in [6, 6.07) is 5.85. The minimum absolute atomic E-state index is 0.0132. The lowest BCUT2D eigenvalue weighted by Gasteiger charge is -2.12. The van der Waals surface area contributed by atoms with Gasteiger partial charge in [-0.05, 0) is 36.7 Å². The molecular formula is C12H13ClF3NOS. The second-order valence-corrected chi connectivity index (χ2v) is 5.22. The number of nitrogens with one attached hydrogen (secondary N) is 1. The van der Waals surface area contributed by atoms with Crippen molar-refractivity contribution < 1.29 is 18.0 Å². The summed E-state index contributed by atoms with van der Waals surface area (Å²) in [5.41, 5.74) is -4.19. The van der Waals surface area contributed by atoms with E-state index in [-0.39, 0.29) is 34.7 Å². The van der Waals surface area contributed by atoms with Crippen LogP contribution in [0.5, 0.6) is 0 Å². The van der Waals surface area contributed by atoms with E-state index in [0.29, 0.717) is 18.7 Å². The molecule has 0 radical (unpaired) electrons. The number of halogens is 4. The molecule has 1 amide bonds. The molecule has 0 saturated carbocycles. The average molecular weight is 312 g/mol. The number of carbonyl (C=O) groups excluding carboxylic acids is 1. The molecule has 0 aromatic heterocycles. The molecule has 0 atom stereocenters. The van der Waals surface area contributed by atoms with Gasteiger partial charge in [0.15, 0.2) is 0 Å². The molecule has 0 heterocycles. The lowest BCUT2D eigenvalue weighted by atomic mass is 10.2. The summed E-state index contributed by atoms with van der Waals surface area (Å²) in [5.74, 6) is 0.161. The Balaban J connectivity index is 2.64. The number of alkyl halides is 4. The largest absolute Gasteiger partial charge is 0.446 e. The van der Waals surface area contributed by atoms with Gasteiger partial charge in [0.25, 0.3) is 0 Å². The molecule has 0 aliphatic carbocycles.